The second-order valence-corrected chi connectivity index (χ2v) is 5.14. The smallest absolute Gasteiger partial charge is 0.106 e. The standard InChI is InChI=1S/C13H14N2S/c1-2-4-12-10(3-1)7-11(12)8-14-9-13-15-5-6-16-13/h1-6,11,14H,7-9H2. The summed E-state index contributed by atoms with van der Waals surface area (Å²) < 4.78 is 0. The zero-order chi connectivity index (χ0) is 10.8. The van der Waals surface area contributed by atoms with E-state index in [0.29, 0.717) is 5.92 Å². The van der Waals surface area contributed by atoms with E-state index in [1.165, 1.54) is 22.6 Å². The highest BCUT2D eigenvalue weighted by Gasteiger charge is 2.24. The van der Waals surface area contributed by atoms with Crippen LogP contribution in [-0.4, -0.2) is 11.5 Å². The van der Waals surface area contributed by atoms with Crippen LogP contribution in [0.5, 0.6) is 0 Å². The Morgan fingerprint density at radius 2 is 2.31 bits per heavy atom. The lowest BCUT2D eigenvalue weighted by atomic mass is 9.78. The van der Waals surface area contributed by atoms with Crippen LogP contribution in [-0.2, 0) is 13.0 Å². The van der Waals surface area contributed by atoms with Gasteiger partial charge >= 0.3 is 0 Å². The summed E-state index contributed by atoms with van der Waals surface area (Å²) in [6, 6.07) is 8.73. The monoisotopic (exact) mass is 230 g/mol. The first-order chi connectivity index (χ1) is 7.93. The molecule has 82 valence electrons. The predicted molar refractivity (Wildman–Crippen MR) is 66.7 cm³/mol. The normalized spacial score (nSPS) is 17.9. The Hall–Kier alpha value is -1.19. The van der Waals surface area contributed by atoms with Crippen LogP contribution in [0.15, 0.2) is 35.8 Å². The van der Waals surface area contributed by atoms with Crippen molar-refractivity contribution in [2.75, 3.05) is 6.54 Å². The van der Waals surface area contributed by atoms with Gasteiger partial charge in [-0.15, -0.1) is 11.3 Å². The third kappa shape index (κ3) is 1.88. The number of hydrogen-bond donors (Lipinski definition) is 1. The summed E-state index contributed by atoms with van der Waals surface area (Å²) in [7, 11) is 0. The first kappa shape index (κ1) is 10.00. The minimum Gasteiger partial charge on any atom is -0.310 e. The van der Waals surface area contributed by atoms with Gasteiger partial charge in [-0.1, -0.05) is 24.3 Å². The molecule has 0 fully saturated rings. The van der Waals surface area contributed by atoms with Crippen molar-refractivity contribution in [3.8, 4) is 0 Å². The highest BCUT2D eigenvalue weighted by Crippen LogP contribution is 2.33. The van der Waals surface area contributed by atoms with Gasteiger partial charge < -0.3 is 5.32 Å². The second kappa shape index (κ2) is 4.36. The maximum atomic E-state index is 4.26. The highest BCUT2D eigenvalue weighted by molar-refractivity contribution is 7.09. The number of nitrogens with zero attached hydrogens (tertiary/aromatic N) is 1. The largest absolute Gasteiger partial charge is 0.310 e. The molecule has 1 atom stereocenters. The zero-order valence-electron chi connectivity index (χ0n) is 9.02. The lowest BCUT2D eigenvalue weighted by Gasteiger charge is -2.30. The number of thiazole rings is 1. The Kier molecular flexibility index (Phi) is 2.72. The number of nitrogens with one attached hydrogen (secondary N) is 1. The highest BCUT2D eigenvalue weighted by atomic mass is 32.1. The minimum atomic E-state index is 0.705. The molecule has 0 saturated carbocycles. The van der Waals surface area contributed by atoms with Crippen molar-refractivity contribution in [2.45, 2.75) is 18.9 Å². The molecule has 1 aliphatic rings. The van der Waals surface area contributed by atoms with Crippen LogP contribution in [0.1, 0.15) is 22.1 Å². The van der Waals surface area contributed by atoms with Gasteiger partial charge in [0.1, 0.15) is 5.01 Å². The fraction of sp³-hybridized carbons (Fsp3) is 0.308. The molecule has 2 aromatic rings. The molecule has 0 radical (unpaired) electrons. The van der Waals surface area contributed by atoms with Crippen molar-refractivity contribution in [1.82, 2.24) is 10.3 Å². The molecular formula is C13H14N2S. The van der Waals surface area contributed by atoms with Gasteiger partial charge in [-0.2, -0.15) is 0 Å². The summed E-state index contributed by atoms with van der Waals surface area (Å²) in [5.74, 6) is 0.705. The maximum absolute atomic E-state index is 4.26. The number of fused-ring (bicyclic) bond motifs is 1. The molecule has 3 rings (SSSR count). The zero-order valence-corrected chi connectivity index (χ0v) is 9.83. The molecule has 2 nitrogen and oxygen atoms in total. The van der Waals surface area contributed by atoms with Crippen LogP contribution in [0.4, 0.5) is 0 Å². The summed E-state index contributed by atoms with van der Waals surface area (Å²) in [6.45, 7) is 1.97. The van der Waals surface area contributed by atoms with E-state index in [1.54, 1.807) is 11.3 Å². The van der Waals surface area contributed by atoms with Crippen LogP contribution >= 0.6 is 11.3 Å². The Morgan fingerprint density at radius 3 is 3.12 bits per heavy atom. The van der Waals surface area contributed by atoms with E-state index in [4.69, 9.17) is 0 Å². The van der Waals surface area contributed by atoms with Gasteiger partial charge in [0.2, 0.25) is 0 Å². The van der Waals surface area contributed by atoms with E-state index in [2.05, 4.69) is 34.6 Å². The molecule has 0 amide bonds. The molecular weight excluding hydrogens is 216 g/mol. The van der Waals surface area contributed by atoms with Crippen LogP contribution in [0, 0.1) is 0 Å². The van der Waals surface area contributed by atoms with Crippen molar-refractivity contribution in [3.63, 3.8) is 0 Å². The Morgan fingerprint density at radius 1 is 1.38 bits per heavy atom. The van der Waals surface area contributed by atoms with E-state index in [9.17, 15) is 0 Å². The average Bonchev–Trinajstić information content (AvgIpc) is 2.77. The van der Waals surface area contributed by atoms with Gasteiger partial charge in [-0.25, -0.2) is 4.98 Å². The van der Waals surface area contributed by atoms with Crippen molar-refractivity contribution in [1.29, 1.82) is 0 Å². The van der Waals surface area contributed by atoms with Crippen molar-refractivity contribution in [3.05, 3.63) is 52.0 Å². The molecule has 1 unspecified atom stereocenters. The predicted octanol–water partition coefficient (Wildman–Crippen LogP) is 2.57. The second-order valence-electron chi connectivity index (χ2n) is 4.16. The van der Waals surface area contributed by atoms with Crippen molar-refractivity contribution < 1.29 is 0 Å². The van der Waals surface area contributed by atoms with Crippen molar-refractivity contribution in [2.24, 2.45) is 0 Å². The van der Waals surface area contributed by atoms with Crippen LogP contribution in [0.3, 0.4) is 0 Å². The average molecular weight is 230 g/mol. The van der Waals surface area contributed by atoms with E-state index < -0.39 is 0 Å². The van der Waals surface area contributed by atoms with Crippen molar-refractivity contribution >= 4 is 11.3 Å². The van der Waals surface area contributed by atoms with Crippen LogP contribution in [0.25, 0.3) is 0 Å². The molecule has 1 aromatic carbocycles. The molecule has 1 aromatic heterocycles. The molecule has 0 saturated heterocycles. The molecule has 16 heavy (non-hydrogen) atoms. The summed E-state index contributed by atoms with van der Waals surface area (Å²) in [5, 5.41) is 6.68. The Balaban J connectivity index is 1.52. The lowest BCUT2D eigenvalue weighted by molar-refractivity contribution is 0.535. The quantitative estimate of drug-likeness (QED) is 0.873. The fourth-order valence-electron chi connectivity index (χ4n) is 2.24. The summed E-state index contributed by atoms with van der Waals surface area (Å²) in [4.78, 5) is 4.26. The third-order valence-electron chi connectivity index (χ3n) is 3.11. The summed E-state index contributed by atoms with van der Waals surface area (Å²) >= 11 is 1.71. The topological polar surface area (TPSA) is 24.9 Å². The number of aromatic nitrogens is 1. The van der Waals surface area contributed by atoms with Gasteiger partial charge in [-0.3, -0.25) is 0 Å². The first-order valence-corrected chi connectivity index (χ1v) is 6.48. The minimum absolute atomic E-state index is 0.705. The molecule has 1 aliphatic carbocycles. The molecule has 0 aliphatic heterocycles. The van der Waals surface area contributed by atoms with Gasteiger partial charge in [0.05, 0.1) is 0 Å². The summed E-state index contributed by atoms with van der Waals surface area (Å²) in [5.41, 5.74) is 3.04. The lowest BCUT2D eigenvalue weighted by Crippen LogP contribution is -2.28. The summed E-state index contributed by atoms with van der Waals surface area (Å²) in [6.07, 6.45) is 3.08. The van der Waals surface area contributed by atoms with Gasteiger partial charge in [0.25, 0.3) is 0 Å². The van der Waals surface area contributed by atoms with E-state index >= 15 is 0 Å². The first-order valence-electron chi connectivity index (χ1n) is 5.60. The van der Waals surface area contributed by atoms with Gasteiger partial charge in [0.15, 0.2) is 0 Å². The maximum Gasteiger partial charge on any atom is 0.106 e. The van der Waals surface area contributed by atoms with E-state index in [1.807, 2.05) is 11.6 Å². The molecule has 1 N–H and O–H groups in total. The molecule has 0 spiro atoms. The van der Waals surface area contributed by atoms with Gasteiger partial charge in [-0.05, 0) is 17.5 Å². The number of hydrogen-bond acceptors (Lipinski definition) is 3. The Bertz CT molecular complexity index is 465. The molecule has 3 heteroatoms. The fourth-order valence-corrected chi connectivity index (χ4v) is 2.82. The molecule has 1 heterocycles. The number of rotatable bonds is 4. The van der Waals surface area contributed by atoms with Gasteiger partial charge in [0, 0.05) is 30.6 Å². The SMILES string of the molecule is c1ccc2c(c1)CC2CNCc1nccs1. The number of benzene rings is 1. The van der Waals surface area contributed by atoms with E-state index in [-0.39, 0.29) is 0 Å². The third-order valence-corrected chi connectivity index (χ3v) is 3.89. The van der Waals surface area contributed by atoms with Crippen LogP contribution < -0.4 is 5.32 Å². The van der Waals surface area contributed by atoms with Crippen LogP contribution in [0.2, 0.25) is 0 Å². The van der Waals surface area contributed by atoms with E-state index in [0.717, 1.165) is 13.1 Å². The molecule has 0 bridgehead atoms. The Labute approximate surface area is 99.4 Å².